The van der Waals surface area contributed by atoms with Crippen LogP contribution in [0, 0.1) is 13.8 Å². The van der Waals surface area contributed by atoms with Crippen molar-refractivity contribution in [1.29, 1.82) is 0 Å². The van der Waals surface area contributed by atoms with Gasteiger partial charge in [0, 0.05) is 31.9 Å². The highest BCUT2D eigenvalue weighted by Gasteiger charge is 2.19. The molecule has 0 bridgehead atoms. The summed E-state index contributed by atoms with van der Waals surface area (Å²) in [5.74, 6) is 0. The van der Waals surface area contributed by atoms with Gasteiger partial charge in [-0.05, 0) is 32.4 Å². The minimum atomic E-state index is 0.177. The summed E-state index contributed by atoms with van der Waals surface area (Å²) >= 11 is 0. The number of hydrogen-bond donors (Lipinski definition) is 1. The van der Waals surface area contributed by atoms with Crippen LogP contribution in [0.15, 0.2) is 18.2 Å². The molecule has 0 spiro atoms. The molecule has 94 valence electrons. The molecule has 1 fully saturated rings. The second-order valence-electron chi connectivity index (χ2n) is 5.05. The molecule has 0 radical (unpaired) electrons. The summed E-state index contributed by atoms with van der Waals surface area (Å²) in [6, 6.07) is 6.69. The maximum atomic E-state index is 5.91. The highest BCUT2D eigenvalue weighted by molar-refractivity contribution is 5.54. The van der Waals surface area contributed by atoms with Crippen molar-refractivity contribution in [1.82, 2.24) is 4.90 Å². The molecule has 1 heterocycles. The van der Waals surface area contributed by atoms with Crippen molar-refractivity contribution >= 4 is 5.69 Å². The van der Waals surface area contributed by atoms with Gasteiger partial charge in [-0.15, -0.1) is 0 Å². The van der Waals surface area contributed by atoms with Gasteiger partial charge in [-0.3, -0.25) is 4.90 Å². The Bertz CT molecular complexity index is 379. The smallest absolute Gasteiger partial charge is 0.0544 e. The average molecular weight is 233 g/mol. The molecule has 0 aliphatic carbocycles. The molecule has 2 rings (SSSR count). The third-order valence-corrected chi connectivity index (χ3v) is 3.58. The van der Waals surface area contributed by atoms with Gasteiger partial charge in [0.25, 0.3) is 0 Å². The van der Waals surface area contributed by atoms with Crippen molar-refractivity contribution in [2.75, 3.05) is 31.1 Å². The molecule has 1 aliphatic heterocycles. The van der Waals surface area contributed by atoms with Gasteiger partial charge in [-0.1, -0.05) is 17.7 Å². The van der Waals surface area contributed by atoms with E-state index in [1.54, 1.807) is 0 Å². The lowest BCUT2D eigenvalue weighted by molar-refractivity contribution is 0.201. The fraction of sp³-hybridized carbons (Fsp3) is 0.571. The lowest BCUT2D eigenvalue weighted by Crippen LogP contribution is -2.52. The standard InChI is InChI=1S/C14H23N3/c1-11-4-5-14(12(2)10-11)17-8-6-16(7-9-17)13(3)15/h4-5,10,13H,6-9,15H2,1-3H3. The van der Waals surface area contributed by atoms with Gasteiger partial charge in [-0.25, -0.2) is 0 Å². The Morgan fingerprint density at radius 2 is 1.76 bits per heavy atom. The average Bonchev–Trinajstić information content (AvgIpc) is 2.29. The lowest BCUT2D eigenvalue weighted by atomic mass is 10.1. The van der Waals surface area contributed by atoms with Crippen LogP contribution in [0.2, 0.25) is 0 Å². The first-order chi connectivity index (χ1) is 8.08. The van der Waals surface area contributed by atoms with E-state index in [1.807, 2.05) is 0 Å². The predicted octanol–water partition coefficient (Wildman–Crippen LogP) is 1.73. The summed E-state index contributed by atoms with van der Waals surface area (Å²) in [6.07, 6.45) is 0.177. The summed E-state index contributed by atoms with van der Waals surface area (Å²) in [4.78, 5) is 4.80. The Labute approximate surface area is 104 Å². The third kappa shape index (κ3) is 2.79. The number of nitrogens with zero attached hydrogens (tertiary/aromatic N) is 2. The van der Waals surface area contributed by atoms with E-state index in [0.29, 0.717) is 0 Å². The number of aryl methyl sites for hydroxylation is 2. The van der Waals surface area contributed by atoms with E-state index in [2.05, 4.69) is 48.8 Å². The van der Waals surface area contributed by atoms with Crippen LogP contribution in [0.3, 0.4) is 0 Å². The Kier molecular flexibility index (Phi) is 3.69. The maximum absolute atomic E-state index is 5.91. The van der Waals surface area contributed by atoms with Gasteiger partial charge >= 0.3 is 0 Å². The van der Waals surface area contributed by atoms with E-state index < -0.39 is 0 Å². The van der Waals surface area contributed by atoms with Crippen molar-refractivity contribution in [3.8, 4) is 0 Å². The molecule has 1 atom stereocenters. The van der Waals surface area contributed by atoms with Crippen molar-refractivity contribution < 1.29 is 0 Å². The topological polar surface area (TPSA) is 32.5 Å². The zero-order valence-corrected chi connectivity index (χ0v) is 11.1. The molecule has 0 saturated carbocycles. The van der Waals surface area contributed by atoms with E-state index in [-0.39, 0.29) is 6.17 Å². The molecule has 17 heavy (non-hydrogen) atoms. The van der Waals surface area contributed by atoms with E-state index >= 15 is 0 Å². The van der Waals surface area contributed by atoms with Gasteiger partial charge in [0.15, 0.2) is 0 Å². The zero-order valence-electron chi connectivity index (χ0n) is 11.1. The Hall–Kier alpha value is -1.06. The van der Waals surface area contributed by atoms with Crippen LogP contribution in [0.25, 0.3) is 0 Å². The predicted molar refractivity (Wildman–Crippen MR) is 73.4 cm³/mol. The Balaban J connectivity index is 2.05. The molecule has 3 heteroatoms. The number of nitrogens with two attached hydrogens (primary N) is 1. The molecule has 1 unspecified atom stereocenters. The van der Waals surface area contributed by atoms with Crippen LogP contribution in [0.5, 0.6) is 0 Å². The number of rotatable bonds is 2. The molecule has 2 N–H and O–H groups in total. The van der Waals surface area contributed by atoms with Crippen LogP contribution < -0.4 is 10.6 Å². The lowest BCUT2D eigenvalue weighted by Gasteiger charge is -2.38. The van der Waals surface area contributed by atoms with Crippen LogP contribution in [-0.4, -0.2) is 37.2 Å². The summed E-state index contributed by atoms with van der Waals surface area (Å²) < 4.78 is 0. The number of piperazine rings is 1. The van der Waals surface area contributed by atoms with E-state index in [9.17, 15) is 0 Å². The molecule has 1 aliphatic rings. The summed E-state index contributed by atoms with van der Waals surface area (Å²) in [7, 11) is 0. The van der Waals surface area contributed by atoms with Gasteiger partial charge < -0.3 is 10.6 Å². The normalized spacial score (nSPS) is 19.4. The van der Waals surface area contributed by atoms with Crippen molar-refractivity contribution in [2.24, 2.45) is 5.73 Å². The fourth-order valence-electron chi connectivity index (χ4n) is 2.53. The Morgan fingerprint density at radius 1 is 1.12 bits per heavy atom. The molecule has 0 amide bonds. The van der Waals surface area contributed by atoms with Crippen LogP contribution >= 0.6 is 0 Å². The maximum Gasteiger partial charge on any atom is 0.0544 e. The summed E-state index contributed by atoms with van der Waals surface area (Å²) in [5, 5.41) is 0. The molecule has 3 nitrogen and oxygen atoms in total. The van der Waals surface area contributed by atoms with Crippen LogP contribution in [-0.2, 0) is 0 Å². The molecule has 1 aromatic carbocycles. The van der Waals surface area contributed by atoms with Gasteiger partial charge in [-0.2, -0.15) is 0 Å². The fourth-order valence-corrected chi connectivity index (χ4v) is 2.53. The van der Waals surface area contributed by atoms with E-state index in [0.717, 1.165) is 26.2 Å². The van der Waals surface area contributed by atoms with Crippen LogP contribution in [0.4, 0.5) is 5.69 Å². The second-order valence-corrected chi connectivity index (χ2v) is 5.05. The monoisotopic (exact) mass is 233 g/mol. The first-order valence-corrected chi connectivity index (χ1v) is 6.40. The van der Waals surface area contributed by atoms with Gasteiger partial charge in [0.1, 0.15) is 0 Å². The zero-order chi connectivity index (χ0) is 12.4. The molecule has 0 aromatic heterocycles. The van der Waals surface area contributed by atoms with Crippen LogP contribution in [0.1, 0.15) is 18.1 Å². The van der Waals surface area contributed by atoms with E-state index in [1.165, 1.54) is 16.8 Å². The second kappa shape index (κ2) is 5.07. The first-order valence-electron chi connectivity index (χ1n) is 6.40. The van der Waals surface area contributed by atoms with Crippen molar-refractivity contribution in [3.63, 3.8) is 0 Å². The number of benzene rings is 1. The molecule has 1 saturated heterocycles. The molecular formula is C14H23N3. The number of anilines is 1. The highest BCUT2D eigenvalue weighted by Crippen LogP contribution is 2.22. The van der Waals surface area contributed by atoms with Gasteiger partial charge in [0.05, 0.1) is 6.17 Å². The largest absolute Gasteiger partial charge is 0.369 e. The highest BCUT2D eigenvalue weighted by atomic mass is 15.3. The van der Waals surface area contributed by atoms with E-state index in [4.69, 9.17) is 5.73 Å². The third-order valence-electron chi connectivity index (χ3n) is 3.58. The molecular weight excluding hydrogens is 210 g/mol. The minimum absolute atomic E-state index is 0.177. The quantitative estimate of drug-likeness (QED) is 0.844. The van der Waals surface area contributed by atoms with Crippen molar-refractivity contribution in [2.45, 2.75) is 26.9 Å². The SMILES string of the molecule is Cc1ccc(N2CCN(C(C)N)CC2)c(C)c1. The first kappa shape index (κ1) is 12.4. The summed E-state index contributed by atoms with van der Waals surface area (Å²) in [6.45, 7) is 10.7. The van der Waals surface area contributed by atoms with Gasteiger partial charge in [0.2, 0.25) is 0 Å². The minimum Gasteiger partial charge on any atom is -0.369 e. The Morgan fingerprint density at radius 3 is 2.29 bits per heavy atom. The van der Waals surface area contributed by atoms with Crippen molar-refractivity contribution in [3.05, 3.63) is 29.3 Å². The number of hydrogen-bond acceptors (Lipinski definition) is 3. The summed E-state index contributed by atoms with van der Waals surface area (Å²) in [5.41, 5.74) is 9.99. The molecule has 1 aromatic rings.